The fourth-order valence-electron chi connectivity index (χ4n) is 2.14. The van der Waals surface area contributed by atoms with E-state index in [1.165, 1.54) is 0 Å². The van der Waals surface area contributed by atoms with Gasteiger partial charge in [-0.15, -0.1) is 11.6 Å². The van der Waals surface area contributed by atoms with E-state index in [0.29, 0.717) is 17.6 Å². The molecular formula is C11H16ClN3O2. The molecule has 0 aliphatic carbocycles. The molecule has 0 atom stereocenters. The highest BCUT2D eigenvalue weighted by Crippen LogP contribution is 2.21. The highest BCUT2D eigenvalue weighted by Gasteiger charge is 2.23. The molecule has 2 rings (SSSR count). The molecule has 5 nitrogen and oxygen atoms in total. The largest absolute Gasteiger partial charge is 0.342 e. The van der Waals surface area contributed by atoms with Crippen LogP contribution in [-0.4, -0.2) is 39.9 Å². The van der Waals surface area contributed by atoms with E-state index in [2.05, 4.69) is 10.1 Å². The number of halogens is 1. The van der Waals surface area contributed by atoms with Crippen LogP contribution in [-0.2, 0) is 11.2 Å². The monoisotopic (exact) mass is 257 g/mol. The average Bonchev–Trinajstić information content (AvgIpc) is 2.75. The molecule has 1 fully saturated rings. The van der Waals surface area contributed by atoms with Crippen LogP contribution in [0.1, 0.15) is 24.6 Å². The van der Waals surface area contributed by atoms with Crippen molar-refractivity contribution in [3.63, 3.8) is 0 Å². The zero-order chi connectivity index (χ0) is 12.3. The summed E-state index contributed by atoms with van der Waals surface area (Å²) in [6.07, 6.45) is 2.76. The number of aryl methyl sites for hydroxylation is 1. The minimum atomic E-state index is 0.0266. The van der Waals surface area contributed by atoms with Crippen LogP contribution in [0, 0.1) is 12.8 Å². The van der Waals surface area contributed by atoms with Crippen molar-refractivity contribution in [1.82, 2.24) is 15.0 Å². The van der Waals surface area contributed by atoms with Gasteiger partial charge in [0.15, 0.2) is 5.82 Å². The van der Waals surface area contributed by atoms with Crippen molar-refractivity contribution < 1.29 is 9.32 Å². The van der Waals surface area contributed by atoms with E-state index in [4.69, 9.17) is 16.1 Å². The average molecular weight is 258 g/mol. The number of piperidine rings is 1. The van der Waals surface area contributed by atoms with Crippen molar-refractivity contribution in [2.24, 2.45) is 5.92 Å². The van der Waals surface area contributed by atoms with Gasteiger partial charge < -0.3 is 9.42 Å². The van der Waals surface area contributed by atoms with Crippen LogP contribution in [0.15, 0.2) is 4.52 Å². The van der Waals surface area contributed by atoms with Gasteiger partial charge in [-0.3, -0.25) is 4.79 Å². The first-order chi connectivity index (χ1) is 8.19. The van der Waals surface area contributed by atoms with E-state index in [1.807, 2.05) is 11.8 Å². The Balaban J connectivity index is 1.81. The van der Waals surface area contributed by atoms with E-state index in [-0.39, 0.29) is 11.8 Å². The van der Waals surface area contributed by atoms with Crippen LogP contribution in [0.5, 0.6) is 0 Å². The summed E-state index contributed by atoms with van der Waals surface area (Å²) in [5.41, 5.74) is 0. The van der Waals surface area contributed by atoms with Gasteiger partial charge in [-0.25, -0.2) is 0 Å². The molecule has 1 aromatic rings. The molecular weight excluding hydrogens is 242 g/mol. The second-order valence-electron chi connectivity index (χ2n) is 4.40. The van der Waals surface area contributed by atoms with Crippen LogP contribution < -0.4 is 0 Å². The van der Waals surface area contributed by atoms with Crippen molar-refractivity contribution >= 4 is 17.5 Å². The summed E-state index contributed by atoms with van der Waals surface area (Å²) in [6, 6.07) is 0. The van der Waals surface area contributed by atoms with Crippen molar-refractivity contribution in [1.29, 1.82) is 0 Å². The topological polar surface area (TPSA) is 59.2 Å². The second-order valence-corrected chi connectivity index (χ2v) is 4.66. The Bertz CT molecular complexity index is 386. The van der Waals surface area contributed by atoms with Gasteiger partial charge in [0.1, 0.15) is 5.88 Å². The van der Waals surface area contributed by atoms with Gasteiger partial charge >= 0.3 is 0 Å². The third-order valence-corrected chi connectivity index (χ3v) is 3.34. The molecule has 17 heavy (non-hydrogen) atoms. The Morgan fingerprint density at radius 1 is 1.53 bits per heavy atom. The molecule has 2 heterocycles. The van der Waals surface area contributed by atoms with E-state index >= 15 is 0 Å². The molecule has 1 aromatic heterocycles. The standard InChI is InChI=1S/C11H16ClN3O2/c1-8-13-10(17-14-8)6-9-2-4-15(5-3-9)11(16)7-12/h9H,2-7H2,1H3. The summed E-state index contributed by atoms with van der Waals surface area (Å²) in [6.45, 7) is 3.38. The Labute approximate surface area is 105 Å². The van der Waals surface area contributed by atoms with Gasteiger partial charge in [0.25, 0.3) is 0 Å². The SMILES string of the molecule is Cc1noc(CC2CCN(C(=O)CCl)CC2)n1. The number of alkyl halides is 1. The van der Waals surface area contributed by atoms with Crippen LogP contribution >= 0.6 is 11.6 Å². The Morgan fingerprint density at radius 2 is 2.24 bits per heavy atom. The van der Waals surface area contributed by atoms with Gasteiger partial charge in [-0.2, -0.15) is 4.98 Å². The smallest absolute Gasteiger partial charge is 0.237 e. The first-order valence-electron chi connectivity index (χ1n) is 5.82. The first-order valence-corrected chi connectivity index (χ1v) is 6.35. The van der Waals surface area contributed by atoms with E-state index in [0.717, 1.165) is 32.4 Å². The van der Waals surface area contributed by atoms with Gasteiger partial charge in [-0.1, -0.05) is 5.16 Å². The number of hydrogen-bond acceptors (Lipinski definition) is 4. The van der Waals surface area contributed by atoms with Gasteiger partial charge in [-0.05, 0) is 25.7 Å². The summed E-state index contributed by atoms with van der Waals surface area (Å²) in [5, 5.41) is 3.77. The zero-order valence-corrected chi connectivity index (χ0v) is 10.6. The van der Waals surface area contributed by atoms with Gasteiger partial charge in [0, 0.05) is 19.5 Å². The van der Waals surface area contributed by atoms with Crippen molar-refractivity contribution in [3.05, 3.63) is 11.7 Å². The lowest BCUT2D eigenvalue weighted by atomic mass is 9.93. The normalized spacial score (nSPS) is 17.4. The highest BCUT2D eigenvalue weighted by molar-refractivity contribution is 6.27. The number of nitrogens with zero attached hydrogens (tertiary/aromatic N) is 3. The van der Waals surface area contributed by atoms with Crippen LogP contribution in [0.3, 0.4) is 0 Å². The highest BCUT2D eigenvalue weighted by atomic mass is 35.5. The van der Waals surface area contributed by atoms with Gasteiger partial charge in [0.2, 0.25) is 11.8 Å². The van der Waals surface area contributed by atoms with Crippen LogP contribution in [0.2, 0.25) is 0 Å². The lowest BCUT2D eigenvalue weighted by molar-refractivity contribution is -0.129. The maximum atomic E-state index is 11.4. The molecule has 1 aliphatic heterocycles. The molecule has 1 saturated heterocycles. The first kappa shape index (κ1) is 12.4. The predicted molar refractivity (Wildman–Crippen MR) is 62.8 cm³/mol. The molecule has 0 unspecified atom stereocenters. The maximum Gasteiger partial charge on any atom is 0.237 e. The van der Waals surface area contributed by atoms with E-state index in [1.54, 1.807) is 0 Å². The molecule has 1 aliphatic rings. The molecule has 0 bridgehead atoms. The number of amides is 1. The molecule has 0 radical (unpaired) electrons. The number of hydrogen-bond donors (Lipinski definition) is 0. The number of likely N-dealkylation sites (tertiary alicyclic amines) is 1. The minimum Gasteiger partial charge on any atom is -0.342 e. The molecule has 0 spiro atoms. The van der Waals surface area contributed by atoms with Crippen LogP contribution in [0.25, 0.3) is 0 Å². The van der Waals surface area contributed by atoms with E-state index < -0.39 is 0 Å². The quantitative estimate of drug-likeness (QED) is 0.768. The molecule has 94 valence electrons. The maximum absolute atomic E-state index is 11.4. The number of carbonyl (C=O) groups is 1. The summed E-state index contributed by atoms with van der Waals surface area (Å²) < 4.78 is 5.10. The van der Waals surface area contributed by atoms with Crippen molar-refractivity contribution in [3.8, 4) is 0 Å². The number of aromatic nitrogens is 2. The Hall–Kier alpha value is -1.10. The fraction of sp³-hybridized carbons (Fsp3) is 0.727. The molecule has 1 amide bonds. The molecule has 0 N–H and O–H groups in total. The Morgan fingerprint density at radius 3 is 2.76 bits per heavy atom. The van der Waals surface area contributed by atoms with E-state index in [9.17, 15) is 4.79 Å². The minimum absolute atomic E-state index is 0.0266. The van der Waals surface area contributed by atoms with Crippen LogP contribution in [0.4, 0.5) is 0 Å². The summed E-state index contributed by atoms with van der Waals surface area (Å²) in [5.74, 6) is 2.00. The zero-order valence-electron chi connectivity index (χ0n) is 9.86. The third kappa shape index (κ3) is 3.19. The summed E-state index contributed by atoms with van der Waals surface area (Å²) >= 11 is 5.53. The lowest BCUT2D eigenvalue weighted by Crippen LogP contribution is -2.39. The number of rotatable bonds is 3. The van der Waals surface area contributed by atoms with Gasteiger partial charge in [0.05, 0.1) is 0 Å². The predicted octanol–water partition coefficient (Wildman–Crippen LogP) is 1.40. The molecule has 0 aromatic carbocycles. The lowest BCUT2D eigenvalue weighted by Gasteiger charge is -2.30. The fourth-order valence-corrected chi connectivity index (χ4v) is 2.31. The number of carbonyl (C=O) groups excluding carboxylic acids is 1. The van der Waals surface area contributed by atoms with Crippen molar-refractivity contribution in [2.45, 2.75) is 26.2 Å². The third-order valence-electron chi connectivity index (χ3n) is 3.11. The molecule has 0 saturated carbocycles. The summed E-state index contributed by atoms with van der Waals surface area (Å²) in [7, 11) is 0. The second kappa shape index (κ2) is 5.49. The Kier molecular flexibility index (Phi) is 3.99. The summed E-state index contributed by atoms with van der Waals surface area (Å²) in [4.78, 5) is 17.4. The van der Waals surface area contributed by atoms with Crippen molar-refractivity contribution in [2.75, 3.05) is 19.0 Å². The molecule has 6 heteroatoms.